The number of nitrogens with zero attached hydrogens (tertiary/aromatic N) is 1. The lowest BCUT2D eigenvalue weighted by molar-refractivity contribution is -0.138. The van der Waals surface area contributed by atoms with Gasteiger partial charge in [0, 0.05) is 37.6 Å². The summed E-state index contributed by atoms with van der Waals surface area (Å²) in [4.78, 5) is 25.9. The van der Waals surface area contributed by atoms with Crippen LogP contribution in [0.2, 0.25) is 0 Å². The Morgan fingerprint density at radius 2 is 1.90 bits per heavy atom. The van der Waals surface area contributed by atoms with Crippen molar-refractivity contribution in [3.05, 3.63) is 0 Å². The number of likely N-dealkylation sites (tertiary alicyclic amines) is 1. The summed E-state index contributed by atoms with van der Waals surface area (Å²) in [6, 6.07) is 0.0582. The van der Waals surface area contributed by atoms with Gasteiger partial charge in [-0.25, -0.2) is 0 Å². The highest BCUT2D eigenvalue weighted by Gasteiger charge is 2.28. The number of hydrogen-bond donors (Lipinski definition) is 2. The maximum Gasteiger partial charge on any atom is 0.225 e. The molecule has 1 aliphatic rings. The average molecular weight is 284 g/mol. The molecule has 0 radical (unpaired) electrons. The third kappa shape index (κ3) is 4.78. The second kappa shape index (κ2) is 8.25. The quantitative estimate of drug-likeness (QED) is 0.769. The summed E-state index contributed by atoms with van der Waals surface area (Å²) in [5.41, 5.74) is 0. The van der Waals surface area contributed by atoms with Crippen LogP contribution in [0, 0.1) is 11.8 Å². The Bertz CT molecular complexity index is 323. The fourth-order valence-electron chi connectivity index (χ4n) is 2.58. The van der Waals surface area contributed by atoms with Crippen LogP contribution in [0.1, 0.15) is 46.5 Å². The van der Waals surface area contributed by atoms with Crippen molar-refractivity contribution < 1.29 is 14.7 Å². The summed E-state index contributed by atoms with van der Waals surface area (Å²) in [5.74, 6) is 0.269. The van der Waals surface area contributed by atoms with Gasteiger partial charge in [-0.3, -0.25) is 9.59 Å². The first-order valence-electron chi connectivity index (χ1n) is 7.69. The van der Waals surface area contributed by atoms with E-state index in [-0.39, 0.29) is 36.3 Å². The number of amides is 2. The standard InChI is InChI=1S/C15H28N2O3/c1-4-13(7-10-18)16-14(19)12-5-8-17(9-6-12)15(20)11(2)3/h11-13,18H,4-10H2,1-3H3,(H,16,19). The van der Waals surface area contributed by atoms with Crippen LogP contribution in [0.3, 0.4) is 0 Å². The first kappa shape index (κ1) is 17.0. The van der Waals surface area contributed by atoms with E-state index >= 15 is 0 Å². The van der Waals surface area contributed by atoms with Crippen molar-refractivity contribution in [2.24, 2.45) is 11.8 Å². The van der Waals surface area contributed by atoms with Gasteiger partial charge in [0.2, 0.25) is 11.8 Å². The normalized spacial score (nSPS) is 18.1. The van der Waals surface area contributed by atoms with Crippen molar-refractivity contribution in [3.63, 3.8) is 0 Å². The maximum absolute atomic E-state index is 12.2. The third-order valence-electron chi connectivity index (χ3n) is 3.99. The van der Waals surface area contributed by atoms with Crippen LogP contribution in [0.5, 0.6) is 0 Å². The number of carbonyl (C=O) groups is 2. The minimum atomic E-state index is -0.000967. The molecule has 1 atom stereocenters. The van der Waals surface area contributed by atoms with Gasteiger partial charge in [0.25, 0.3) is 0 Å². The predicted molar refractivity (Wildman–Crippen MR) is 78.1 cm³/mol. The number of aliphatic hydroxyl groups is 1. The molecule has 0 aliphatic carbocycles. The van der Waals surface area contributed by atoms with E-state index in [4.69, 9.17) is 5.11 Å². The van der Waals surface area contributed by atoms with Crippen LogP contribution >= 0.6 is 0 Å². The number of rotatable bonds is 6. The zero-order valence-electron chi connectivity index (χ0n) is 12.9. The molecule has 5 heteroatoms. The van der Waals surface area contributed by atoms with Crippen LogP contribution in [0.25, 0.3) is 0 Å². The van der Waals surface area contributed by atoms with E-state index in [9.17, 15) is 9.59 Å². The lowest BCUT2D eigenvalue weighted by Crippen LogP contribution is -2.46. The zero-order chi connectivity index (χ0) is 15.1. The molecular formula is C15H28N2O3. The van der Waals surface area contributed by atoms with Crippen molar-refractivity contribution >= 4 is 11.8 Å². The Morgan fingerprint density at radius 3 is 2.35 bits per heavy atom. The smallest absolute Gasteiger partial charge is 0.225 e. The Balaban J connectivity index is 2.40. The Kier molecular flexibility index (Phi) is 6.99. The van der Waals surface area contributed by atoms with Crippen LogP contribution in [0.15, 0.2) is 0 Å². The molecule has 5 nitrogen and oxygen atoms in total. The summed E-state index contributed by atoms with van der Waals surface area (Å²) >= 11 is 0. The van der Waals surface area contributed by atoms with Gasteiger partial charge in [-0.1, -0.05) is 20.8 Å². The van der Waals surface area contributed by atoms with Crippen LogP contribution in [-0.4, -0.2) is 47.6 Å². The highest BCUT2D eigenvalue weighted by molar-refractivity contribution is 5.80. The summed E-state index contributed by atoms with van der Waals surface area (Å²) in [7, 11) is 0. The van der Waals surface area contributed by atoms with Gasteiger partial charge >= 0.3 is 0 Å². The fourth-order valence-corrected chi connectivity index (χ4v) is 2.58. The van der Waals surface area contributed by atoms with Crippen molar-refractivity contribution in [2.45, 2.75) is 52.5 Å². The lowest BCUT2D eigenvalue weighted by Gasteiger charge is -2.33. The molecule has 0 bridgehead atoms. The van der Waals surface area contributed by atoms with E-state index in [2.05, 4.69) is 5.32 Å². The molecule has 1 saturated heterocycles. The molecular weight excluding hydrogens is 256 g/mol. The highest BCUT2D eigenvalue weighted by Crippen LogP contribution is 2.19. The Labute approximate surface area is 121 Å². The fraction of sp³-hybridized carbons (Fsp3) is 0.867. The number of aliphatic hydroxyl groups excluding tert-OH is 1. The zero-order valence-corrected chi connectivity index (χ0v) is 12.9. The summed E-state index contributed by atoms with van der Waals surface area (Å²) in [6.45, 7) is 7.26. The summed E-state index contributed by atoms with van der Waals surface area (Å²) in [6.07, 6.45) is 2.91. The lowest BCUT2D eigenvalue weighted by atomic mass is 9.94. The number of carbonyl (C=O) groups excluding carboxylic acids is 2. The van der Waals surface area contributed by atoms with Crippen molar-refractivity contribution in [3.8, 4) is 0 Å². The van der Waals surface area contributed by atoms with Gasteiger partial charge in [0.1, 0.15) is 0 Å². The number of nitrogens with one attached hydrogen (secondary N) is 1. The van der Waals surface area contributed by atoms with Crippen molar-refractivity contribution in [1.29, 1.82) is 0 Å². The Morgan fingerprint density at radius 1 is 1.30 bits per heavy atom. The first-order chi connectivity index (χ1) is 9.49. The molecule has 2 amide bonds. The molecule has 1 aliphatic heterocycles. The van der Waals surface area contributed by atoms with Gasteiger partial charge in [0.15, 0.2) is 0 Å². The van der Waals surface area contributed by atoms with E-state index < -0.39 is 0 Å². The molecule has 0 aromatic rings. The maximum atomic E-state index is 12.2. The van der Waals surface area contributed by atoms with Crippen LogP contribution in [0.4, 0.5) is 0 Å². The first-order valence-corrected chi connectivity index (χ1v) is 7.69. The van der Waals surface area contributed by atoms with Gasteiger partial charge in [0.05, 0.1) is 0 Å². The largest absolute Gasteiger partial charge is 0.396 e. The minimum absolute atomic E-state index is 0.000967. The third-order valence-corrected chi connectivity index (χ3v) is 3.99. The van der Waals surface area contributed by atoms with Gasteiger partial charge in [-0.05, 0) is 25.7 Å². The number of piperidine rings is 1. The minimum Gasteiger partial charge on any atom is -0.396 e. The van der Waals surface area contributed by atoms with E-state index in [1.807, 2.05) is 25.7 Å². The van der Waals surface area contributed by atoms with E-state index in [0.29, 0.717) is 19.5 Å². The molecule has 0 spiro atoms. The number of hydrogen-bond acceptors (Lipinski definition) is 3. The average Bonchev–Trinajstić information content (AvgIpc) is 2.45. The summed E-state index contributed by atoms with van der Waals surface area (Å²) in [5, 5.41) is 11.9. The van der Waals surface area contributed by atoms with E-state index in [0.717, 1.165) is 19.3 Å². The topological polar surface area (TPSA) is 69.6 Å². The van der Waals surface area contributed by atoms with Crippen molar-refractivity contribution in [1.82, 2.24) is 10.2 Å². The molecule has 1 unspecified atom stereocenters. The molecule has 20 heavy (non-hydrogen) atoms. The van der Waals surface area contributed by atoms with Gasteiger partial charge < -0.3 is 15.3 Å². The second-order valence-electron chi connectivity index (χ2n) is 5.88. The van der Waals surface area contributed by atoms with E-state index in [1.165, 1.54) is 0 Å². The second-order valence-corrected chi connectivity index (χ2v) is 5.88. The van der Waals surface area contributed by atoms with E-state index in [1.54, 1.807) is 0 Å². The highest BCUT2D eigenvalue weighted by atomic mass is 16.3. The molecule has 0 saturated carbocycles. The predicted octanol–water partition coefficient (Wildman–Crippen LogP) is 1.16. The Hall–Kier alpha value is -1.10. The SMILES string of the molecule is CCC(CCO)NC(=O)C1CCN(C(=O)C(C)C)CC1. The molecule has 1 fully saturated rings. The van der Waals surface area contributed by atoms with Crippen LogP contribution in [-0.2, 0) is 9.59 Å². The van der Waals surface area contributed by atoms with Crippen molar-refractivity contribution in [2.75, 3.05) is 19.7 Å². The van der Waals surface area contributed by atoms with Gasteiger partial charge in [-0.2, -0.15) is 0 Å². The molecule has 116 valence electrons. The molecule has 2 N–H and O–H groups in total. The molecule has 1 rings (SSSR count). The molecule has 0 aromatic heterocycles. The van der Waals surface area contributed by atoms with Crippen LogP contribution < -0.4 is 5.32 Å². The molecule has 1 heterocycles. The summed E-state index contributed by atoms with van der Waals surface area (Å²) < 4.78 is 0. The van der Waals surface area contributed by atoms with Gasteiger partial charge in [-0.15, -0.1) is 0 Å². The monoisotopic (exact) mass is 284 g/mol. The molecule has 0 aromatic carbocycles.